The smallest absolute Gasteiger partial charge is 0.333 e. The number of anilines is 2. The maximum Gasteiger partial charge on any atom is 0.333 e. The number of benzene rings is 1. The van der Waals surface area contributed by atoms with Gasteiger partial charge < -0.3 is 10.2 Å². The molecule has 0 unspecified atom stereocenters. The molecule has 1 saturated heterocycles. The van der Waals surface area contributed by atoms with E-state index in [0.29, 0.717) is 16.3 Å². The molecule has 0 atom stereocenters. The number of aromatic nitrogens is 3. The second kappa shape index (κ2) is 9.13. The van der Waals surface area contributed by atoms with Crippen molar-refractivity contribution < 1.29 is 4.79 Å². The number of thiazole rings is 1. The molecular formula is C24H31N5O3S. The monoisotopic (exact) mass is 469 g/mol. The van der Waals surface area contributed by atoms with E-state index in [0.717, 1.165) is 42.2 Å². The zero-order valence-electron chi connectivity index (χ0n) is 19.8. The average Bonchev–Trinajstić information content (AvgIpc) is 3.20. The molecule has 1 aromatic carbocycles. The Bertz CT molecular complexity index is 1310. The molecule has 1 amide bonds. The van der Waals surface area contributed by atoms with Gasteiger partial charge in [-0.2, -0.15) is 0 Å². The molecule has 0 spiro atoms. The Balaban J connectivity index is 1.73. The molecule has 2 aromatic heterocycles. The molecule has 3 heterocycles. The normalized spacial score (nSPS) is 14.9. The van der Waals surface area contributed by atoms with Crippen LogP contribution in [-0.2, 0) is 11.3 Å². The number of hydrogen-bond donors (Lipinski definition) is 1. The first-order valence-electron chi connectivity index (χ1n) is 11.4. The standard InChI is InChI=1S/C24H31N5O3S/c1-14(2)29-22(31)20-21(26-23(33-20)27-10-8-15(3)9-11-27)28(24(29)32)13-19(30)25-18-7-6-16(4)17(5)12-18/h6-7,12,14-15H,8-11,13H2,1-5H3,(H,25,30). The fourth-order valence-corrected chi connectivity index (χ4v) is 5.20. The van der Waals surface area contributed by atoms with Crippen LogP contribution < -0.4 is 21.5 Å². The number of rotatable bonds is 5. The molecule has 0 aliphatic carbocycles. The molecule has 1 N–H and O–H groups in total. The Morgan fingerprint density at radius 1 is 1.18 bits per heavy atom. The van der Waals surface area contributed by atoms with Crippen LogP contribution in [0.2, 0.25) is 0 Å². The number of nitrogens with one attached hydrogen (secondary N) is 1. The maximum atomic E-state index is 13.3. The van der Waals surface area contributed by atoms with Gasteiger partial charge >= 0.3 is 5.69 Å². The molecule has 0 saturated carbocycles. The van der Waals surface area contributed by atoms with E-state index in [9.17, 15) is 14.4 Å². The van der Waals surface area contributed by atoms with Crippen LogP contribution in [0, 0.1) is 19.8 Å². The number of amides is 1. The summed E-state index contributed by atoms with van der Waals surface area (Å²) in [5.74, 6) is 0.332. The minimum Gasteiger partial charge on any atom is -0.348 e. The van der Waals surface area contributed by atoms with Gasteiger partial charge in [-0.25, -0.2) is 9.78 Å². The van der Waals surface area contributed by atoms with Crippen LogP contribution in [0.5, 0.6) is 0 Å². The van der Waals surface area contributed by atoms with Gasteiger partial charge in [-0.15, -0.1) is 0 Å². The van der Waals surface area contributed by atoms with Crippen molar-refractivity contribution in [2.24, 2.45) is 5.92 Å². The molecule has 0 radical (unpaired) electrons. The molecule has 1 aliphatic rings. The number of fused-ring (bicyclic) bond motifs is 1. The Morgan fingerprint density at radius 2 is 1.88 bits per heavy atom. The highest BCUT2D eigenvalue weighted by atomic mass is 32.1. The molecule has 4 rings (SSSR count). The van der Waals surface area contributed by atoms with Gasteiger partial charge in [0.2, 0.25) is 5.91 Å². The van der Waals surface area contributed by atoms with E-state index >= 15 is 0 Å². The summed E-state index contributed by atoms with van der Waals surface area (Å²) in [5, 5.41) is 3.60. The first kappa shape index (κ1) is 23.2. The van der Waals surface area contributed by atoms with E-state index in [1.54, 1.807) is 13.8 Å². The number of aryl methyl sites for hydroxylation is 2. The van der Waals surface area contributed by atoms with Crippen LogP contribution in [0.15, 0.2) is 27.8 Å². The first-order chi connectivity index (χ1) is 15.7. The van der Waals surface area contributed by atoms with Gasteiger partial charge in [-0.1, -0.05) is 24.3 Å². The van der Waals surface area contributed by atoms with E-state index in [1.165, 1.54) is 20.5 Å². The zero-order chi connectivity index (χ0) is 23.9. The third-order valence-electron chi connectivity index (χ3n) is 6.37. The van der Waals surface area contributed by atoms with Crippen LogP contribution in [0.3, 0.4) is 0 Å². The molecule has 1 aliphatic heterocycles. The van der Waals surface area contributed by atoms with E-state index in [4.69, 9.17) is 0 Å². The van der Waals surface area contributed by atoms with Crippen molar-refractivity contribution in [3.63, 3.8) is 0 Å². The molecule has 1 fully saturated rings. The number of hydrogen-bond acceptors (Lipinski definition) is 6. The van der Waals surface area contributed by atoms with Gasteiger partial charge in [0.25, 0.3) is 5.56 Å². The summed E-state index contributed by atoms with van der Waals surface area (Å²) >= 11 is 1.31. The quantitative estimate of drug-likeness (QED) is 0.616. The summed E-state index contributed by atoms with van der Waals surface area (Å²) in [6, 6.07) is 5.36. The molecule has 0 bridgehead atoms. The predicted molar refractivity (Wildman–Crippen MR) is 134 cm³/mol. The van der Waals surface area contributed by atoms with Gasteiger partial charge in [-0.3, -0.25) is 18.7 Å². The van der Waals surface area contributed by atoms with Crippen molar-refractivity contribution in [2.75, 3.05) is 23.3 Å². The van der Waals surface area contributed by atoms with Crippen LogP contribution >= 0.6 is 11.3 Å². The highest BCUT2D eigenvalue weighted by Gasteiger charge is 2.24. The van der Waals surface area contributed by atoms with E-state index < -0.39 is 5.69 Å². The average molecular weight is 470 g/mol. The van der Waals surface area contributed by atoms with Crippen LogP contribution in [0.4, 0.5) is 10.8 Å². The van der Waals surface area contributed by atoms with Crippen molar-refractivity contribution in [3.8, 4) is 0 Å². The predicted octanol–water partition coefficient (Wildman–Crippen LogP) is 3.69. The highest BCUT2D eigenvalue weighted by molar-refractivity contribution is 7.22. The lowest BCUT2D eigenvalue weighted by Crippen LogP contribution is -2.42. The summed E-state index contributed by atoms with van der Waals surface area (Å²) < 4.78 is 2.96. The second-order valence-corrected chi connectivity index (χ2v) is 10.3. The summed E-state index contributed by atoms with van der Waals surface area (Å²) in [5.41, 5.74) is 2.31. The van der Waals surface area contributed by atoms with Gasteiger partial charge in [0.05, 0.1) is 0 Å². The van der Waals surface area contributed by atoms with Crippen molar-refractivity contribution in [2.45, 2.75) is 60.0 Å². The van der Waals surface area contributed by atoms with E-state index in [1.807, 2.05) is 32.0 Å². The van der Waals surface area contributed by atoms with Gasteiger partial charge in [0.1, 0.15) is 11.2 Å². The van der Waals surface area contributed by atoms with Crippen LogP contribution in [0.25, 0.3) is 10.3 Å². The maximum absolute atomic E-state index is 13.3. The van der Waals surface area contributed by atoms with E-state index in [2.05, 4.69) is 22.1 Å². The number of carbonyl (C=O) groups is 1. The topological polar surface area (TPSA) is 89.2 Å². The third kappa shape index (κ3) is 4.59. The number of nitrogens with zero attached hydrogens (tertiary/aromatic N) is 4. The minimum absolute atomic E-state index is 0.213. The lowest BCUT2D eigenvalue weighted by molar-refractivity contribution is -0.116. The molecule has 176 valence electrons. The number of piperidine rings is 1. The SMILES string of the molecule is Cc1ccc(NC(=O)Cn2c(=O)n(C(C)C)c(=O)c3sc(N4CCC(C)CC4)nc32)cc1C. The summed E-state index contributed by atoms with van der Waals surface area (Å²) in [6.45, 7) is 11.3. The van der Waals surface area contributed by atoms with Crippen LogP contribution in [-0.4, -0.2) is 33.1 Å². The van der Waals surface area contributed by atoms with Crippen molar-refractivity contribution >= 4 is 38.4 Å². The van der Waals surface area contributed by atoms with Gasteiger partial charge in [0.15, 0.2) is 10.8 Å². The third-order valence-corrected chi connectivity index (χ3v) is 7.46. The zero-order valence-corrected chi connectivity index (χ0v) is 20.7. The second-order valence-electron chi connectivity index (χ2n) is 9.30. The molecule has 3 aromatic rings. The largest absolute Gasteiger partial charge is 0.348 e. The molecular weight excluding hydrogens is 438 g/mol. The highest BCUT2D eigenvalue weighted by Crippen LogP contribution is 2.29. The Hall–Kier alpha value is -2.94. The summed E-state index contributed by atoms with van der Waals surface area (Å²) in [7, 11) is 0. The summed E-state index contributed by atoms with van der Waals surface area (Å²) in [6.07, 6.45) is 2.13. The number of carbonyl (C=O) groups excluding carboxylic acids is 1. The van der Waals surface area contributed by atoms with Gasteiger partial charge in [-0.05, 0) is 69.7 Å². The van der Waals surface area contributed by atoms with Crippen molar-refractivity contribution in [1.29, 1.82) is 0 Å². The Labute approximate surface area is 196 Å². The fourth-order valence-electron chi connectivity index (χ4n) is 4.14. The summed E-state index contributed by atoms with van der Waals surface area (Å²) in [4.78, 5) is 46.1. The Kier molecular flexibility index (Phi) is 6.43. The molecule has 8 nitrogen and oxygen atoms in total. The lowest BCUT2D eigenvalue weighted by atomic mass is 10.00. The van der Waals surface area contributed by atoms with Crippen molar-refractivity contribution in [3.05, 3.63) is 50.2 Å². The fraction of sp³-hybridized carbons (Fsp3) is 0.500. The van der Waals surface area contributed by atoms with E-state index in [-0.39, 0.29) is 29.7 Å². The minimum atomic E-state index is -0.512. The lowest BCUT2D eigenvalue weighted by Gasteiger charge is -2.29. The Morgan fingerprint density at radius 3 is 2.52 bits per heavy atom. The van der Waals surface area contributed by atoms with Crippen LogP contribution in [0.1, 0.15) is 50.8 Å². The first-order valence-corrected chi connectivity index (χ1v) is 12.2. The molecule has 9 heteroatoms. The molecule has 33 heavy (non-hydrogen) atoms. The van der Waals surface area contributed by atoms with Gasteiger partial charge in [0, 0.05) is 24.8 Å². The van der Waals surface area contributed by atoms with Crippen molar-refractivity contribution in [1.82, 2.24) is 14.1 Å².